The predicted octanol–water partition coefficient (Wildman–Crippen LogP) is 2.26. The molecule has 1 amide bonds. The van der Waals surface area contributed by atoms with Gasteiger partial charge >= 0.3 is 0 Å². The van der Waals surface area contributed by atoms with Gasteiger partial charge < -0.3 is 15.2 Å². The molecule has 0 spiro atoms. The summed E-state index contributed by atoms with van der Waals surface area (Å²) in [6.45, 7) is 0.115. The largest absolute Gasteiger partial charge is 0.497 e. The van der Waals surface area contributed by atoms with E-state index in [0.29, 0.717) is 5.75 Å². The average molecular weight is 289 g/mol. The minimum absolute atomic E-state index is 0.0442. The maximum atomic E-state index is 13.8. The molecule has 0 saturated heterocycles. The fourth-order valence-electron chi connectivity index (χ4n) is 1.96. The molecule has 0 radical (unpaired) electrons. The Balaban J connectivity index is 2.08. The summed E-state index contributed by atoms with van der Waals surface area (Å²) in [7, 11) is 1.43. The molecular formula is C16H16FNO3. The van der Waals surface area contributed by atoms with Crippen LogP contribution in [0.15, 0.2) is 42.5 Å². The Morgan fingerprint density at radius 3 is 2.57 bits per heavy atom. The molecule has 0 fully saturated rings. The number of benzene rings is 2. The first-order chi connectivity index (χ1) is 10.2. The Hall–Kier alpha value is -2.40. The Labute approximate surface area is 122 Å². The van der Waals surface area contributed by atoms with Crippen molar-refractivity contribution in [1.82, 2.24) is 5.32 Å². The minimum Gasteiger partial charge on any atom is -0.497 e. The molecular weight excluding hydrogens is 273 g/mol. The number of nitrogens with one attached hydrogen (secondary N) is 1. The van der Waals surface area contributed by atoms with Crippen molar-refractivity contribution in [2.75, 3.05) is 7.11 Å². The van der Waals surface area contributed by atoms with Gasteiger partial charge in [0.05, 0.1) is 19.3 Å². The lowest BCUT2D eigenvalue weighted by atomic mass is 10.1. The molecule has 0 aliphatic rings. The molecule has 0 aromatic heterocycles. The van der Waals surface area contributed by atoms with Crippen LogP contribution in [-0.4, -0.2) is 18.1 Å². The number of ether oxygens (including phenoxy) is 1. The molecule has 0 aliphatic carbocycles. The zero-order chi connectivity index (χ0) is 15.2. The standard InChI is InChI=1S/C16H16FNO3/c1-21-13-6-7-14(15(17)8-13)16(20)18-9-11-4-2-3-5-12(11)10-19/h2-8,19H,9-10H2,1H3,(H,18,20). The van der Waals surface area contributed by atoms with Crippen LogP contribution >= 0.6 is 0 Å². The van der Waals surface area contributed by atoms with Crippen LogP contribution in [0.4, 0.5) is 4.39 Å². The van der Waals surface area contributed by atoms with Crippen molar-refractivity contribution in [2.24, 2.45) is 0 Å². The molecule has 2 aromatic rings. The highest BCUT2D eigenvalue weighted by Crippen LogP contribution is 2.16. The van der Waals surface area contributed by atoms with E-state index < -0.39 is 11.7 Å². The number of carbonyl (C=O) groups excluding carboxylic acids is 1. The van der Waals surface area contributed by atoms with Crippen molar-refractivity contribution in [1.29, 1.82) is 0 Å². The average Bonchev–Trinajstić information content (AvgIpc) is 2.52. The van der Waals surface area contributed by atoms with Crippen molar-refractivity contribution in [3.05, 3.63) is 65.0 Å². The zero-order valence-electron chi connectivity index (χ0n) is 11.6. The SMILES string of the molecule is COc1ccc(C(=O)NCc2ccccc2CO)c(F)c1. The quantitative estimate of drug-likeness (QED) is 0.887. The van der Waals surface area contributed by atoms with Crippen LogP contribution in [0.5, 0.6) is 5.75 Å². The van der Waals surface area contributed by atoms with Crippen molar-refractivity contribution in [3.63, 3.8) is 0 Å². The number of amides is 1. The third-order valence-corrected chi connectivity index (χ3v) is 3.15. The topological polar surface area (TPSA) is 58.6 Å². The lowest BCUT2D eigenvalue weighted by Gasteiger charge is -2.10. The summed E-state index contributed by atoms with van der Waals surface area (Å²) in [5, 5.41) is 11.9. The number of methoxy groups -OCH3 is 1. The third kappa shape index (κ3) is 3.58. The Morgan fingerprint density at radius 2 is 1.95 bits per heavy atom. The van der Waals surface area contributed by atoms with Gasteiger partial charge in [0.25, 0.3) is 5.91 Å². The van der Waals surface area contributed by atoms with E-state index in [-0.39, 0.29) is 18.7 Å². The van der Waals surface area contributed by atoms with E-state index in [1.165, 1.54) is 19.2 Å². The molecule has 2 aromatic carbocycles. The van der Waals surface area contributed by atoms with Gasteiger partial charge in [-0.25, -0.2) is 4.39 Å². The fraction of sp³-hybridized carbons (Fsp3) is 0.188. The summed E-state index contributed by atoms with van der Waals surface area (Å²) >= 11 is 0. The van der Waals surface area contributed by atoms with Crippen LogP contribution in [-0.2, 0) is 13.2 Å². The van der Waals surface area contributed by atoms with Gasteiger partial charge in [0.1, 0.15) is 11.6 Å². The second-order valence-electron chi connectivity index (χ2n) is 4.46. The maximum Gasteiger partial charge on any atom is 0.254 e. The minimum atomic E-state index is -0.637. The van der Waals surface area contributed by atoms with Crippen LogP contribution in [0.25, 0.3) is 0 Å². The van der Waals surface area contributed by atoms with E-state index in [4.69, 9.17) is 4.74 Å². The summed E-state index contributed by atoms with van der Waals surface area (Å²) in [6, 6.07) is 11.3. The first kappa shape index (κ1) is 15.0. The third-order valence-electron chi connectivity index (χ3n) is 3.15. The van der Waals surface area contributed by atoms with Crippen LogP contribution in [0, 0.1) is 5.82 Å². The molecule has 2 rings (SSSR count). The van der Waals surface area contributed by atoms with Gasteiger partial charge in [0.15, 0.2) is 0 Å². The number of carbonyl (C=O) groups is 1. The Kier molecular flexibility index (Phi) is 4.90. The second kappa shape index (κ2) is 6.85. The van der Waals surface area contributed by atoms with Crippen LogP contribution in [0.2, 0.25) is 0 Å². The van der Waals surface area contributed by atoms with Crippen LogP contribution in [0.3, 0.4) is 0 Å². The van der Waals surface area contributed by atoms with Crippen molar-refractivity contribution < 1.29 is 19.0 Å². The summed E-state index contributed by atoms with van der Waals surface area (Å²) in [6.07, 6.45) is 0. The van der Waals surface area contributed by atoms with Crippen molar-refractivity contribution >= 4 is 5.91 Å². The lowest BCUT2D eigenvalue weighted by Crippen LogP contribution is -2.24. The monoisotopic (exact) mass is 289 g/mol. The number of aliphatic hydroxyl groups excluding tert-OH is 1. The summed E-state index contributed by atoms with van der Waals surface area (Å²) < 4.78 is 18.7. The van der Waals surface area contributed by atoms with Gasteiger partial charge in [-0.3, -0.25) is 4.79 Å². The van der Waals surface area contributed by atoms with E-state index in [2.05, 4.69) is 5.32 Å². The number of rotatable bonds is 5. The molecule has 0 saturated carbocycles. The summed E-state index contributed by atoms with van der Waals surface area (Å²) in [4.78, 5) is 12.0. The number of hydrogen-bond acceptors (Lipinski definition) is 3. The van der Waals surface area contributed by atoms with Gasteiger partial charge in [0, 0.05) is 12.6 Å². The van der Waals surface area contributed by atoms with Gasteiger partial charge in [-0.1, -0.05) is 24.3 Å². The second-order valence-corrected chi connectivity index (χ2v) is 4.46. The fourth-order valence-corrected chi connectivity index (χ4v) is 1.96. The predicted molar refractivity (Wildman–Crippen MR) is 76.5 cm³/mol. The molecule has 0 heterocycles. The normalized spacial score (nSPS) is 10.2. The molecule has 0 bridgehead atoms. The maximum absolute atomic E-state index is 13.8. The summed E-state index contributed by atoms with van der Waals surface area (Å²) in [5.41, 5.74) is 1.48. The lowest BCUT2D eigenvalue weighted by molar-refractivity contribution is 0.0946. The van der Waals surface area contributed by atoms with E-state index >= 15 is 0 Å². The molecule has 2 N–H and O–H groups in total. The molecule has 5 heteroatoms. The zero-order valence-corrected chi connectivity index (χ0v) is 11.6. The van der Waals surface area contributed by atoms with E-state index in [0.717, 1.165) is 17.2 Å². The van der Waals surface area contributed by atoms with Crippen LogP contribution < -0.4 is 10.1 Å². The summed E-state index contributed by atoms with van der Waals surface area (Å²) in [5.74, 6) is -0.792. The van der Waals surface area contributed by atoms with Gasteiger partial charge in [0.2, 0.25) is 0 Å². The number of aliphatic hydroxyl groups is 1. The highest BCUT2D eigenvalue weighted by atomic mass is 19.1. The van der Waals surface area contributed by atoms with Gasteiger partial charge in [-0.05, 0) is 23.3 Å². The van der Waals surface area contributed by atoms with Gasteiger partial charge in [-0.2, -0.15) is 0 Å². The molecule has 0 aliphatic heterocycles. The molecule has 0 unspecified atom stereocenters. The molecule has 21 heavy (non-hydrogen) atoms. The number of halogens is 1. The number of hydrogen-bond donors (Lipinski definition) is 2. The molecule has 0 atom stereocenters. The smallest absolute Gasteiger partial charge is 0.254 e. The van der Waals surface area contributed by atoms with Crippen LogP contribution in [0.1, 0.15) is 21.5 Å². The van der Waals surface area contributed by atoms with Gasteiger partial charge in [-0.15, -0.1) is 0 Å². The van der Waals surface area contributed by atoms with E-state index in [9.17, 15) is 14.3 Å². The molecule has 110 valence electrons. The highest BCUT2D eigenvalue weighted by Gasteiger charge is 2.12. The van der Waals surface area contributed by atoms with Crippen molar-refractivity contribution in [3.8, 4) is 5.75 Å². The molecule has 4 nitrogen and oxygen atoms in total. The first-order valence-electron chi connectivity index (χ1n) is 6.45. The van der Waals surface area contributed by atoms with E-state index in [1.54, 1.807) is 18.2 Å². The van der Waals surface area contributed by atoms with Crippen molar-refractivity contribution in [2.45, 2.75) is 13.2 Å². The van der Waals surface area contributed by atoms with E-state index in [1.807, 2.05) is 6.07 Å². The Morgan fingerprint density at radius 1 is 1.24 bits per heavy atom. The first-order valence-corrected chi connectivity index (χ1v) is 6.45. The Bertz CT molecular complexity index is 643. The highest BCUT2D eigenvalue weighted by molar-refractivity contribution is 5.94.